The first-order valence-corrected chi connectivity index (χ1v) is 48.1. The molecule has 0 unspecified atom stereocenters. The second-order valence-corrected chi connectivity index (χ2v) is 38.9. The molecule has 16 aromatic heterocycles. The van der Waals surface area contributed by atoms with Gasteiger partial charge in [-0.25, -0.2) is 19.9 Å². The number of benzene rings is 12. The second-order valence-electron chi connectivity index (χ2n) is 38.9. The van der Waals surface area contributed by atoms with E-state index in [2.05, 4.69) is 290 Å². The van der Waals surface area contributed by atoms with Crippen molar-refractivity contribution in [2.75, 3.05) is 0 Å². The lowest BCUT2D eigenvalue weighted by atomic mass is 9.97. The molecule has 0 bridgehead atoms. The Balaban J connectivity index is 0.0000000829. The van der Waals surface area contributed by atoms with E-state index >= 15 is 0 Å². The monoisotopic (exact) mass is 1780 g/mol. The minimum Gasteiger partial charge on any atom is -0.289 e. The Morgan fingerprint density at radius 1 is 0.171 bits per heavy atom. The third kappa shape index (κ3) is 10.3. The van der Waals surface area contributed by atoms with Gasteiger partial charge in [0.25, 0.3) is 0 Å². The molecule has 0 saturated heterocycles. The predicted molar refractivity (Wildman–Crippen MR) is 559 cm³/mol. The van der Waals surface area contributed by atoms with Crippen molar-refractivity contribution in [2.24, 2.45) is 0 Å². The van der Waals surface area contributed by atoms with Crippen LogP contribution < -0.4 is 0 Å². The van der Waals surface area contributed by atoms with E-state index in [-0.39, 0.29) is 0 Å². The summed E-state index contributed by atoms with van der Waals surface area (Å²) < 4.78 is 9.26. The number of fused-ring (bicyclic) bond motifs is 60. The van der Waals surface area contributed by atoms with Crippen LogP contribution in [0.2, 0.25) is 0 Å². The summed E-state index contributed by atoms with van der Waals surface area (Å²) in [4.78, 5) is 56.9. The third-order valence-electron chi connectivity index (χ3n) is 31.8. The molecule has 16 heterocycles. The summed E-state index contributed by atoms with van der Waals surface area (Å²) in [5.74, 6) is 0. The molecular formula is C124H72N16. The van der Waals surface area contributed by atoms with E-state index in [0.29, 0.717) is 0 Å². The van der Waals surface area contributed by atoms with Crippen LogP contribution in [0.15, 0.2) is 342 Å². The molecule has 8 aliphatic carbocycles. The van der Waals surface area contributed by atoms with Gasteiger partial charge in [0.05, 0.1) is 96.5 Å². The molecule has 16 heteroatoms. The van der Waals surface area contributed by atoms with Gasteiger partial charge in [0.15, 0.2) is 5.65 Å². The highest BCUT2D eigenvalue weighted by Gasteiger charge is 2.36. The number of pyridine rings is 12. The Morgan fingerprint density at radius 2 is 0.457 bits per heavy atom. The summed E-state index contributed by atoms with van der Waals surface area (Å²) in [7, 11) is 0. The first-order chi connectivity index (χ1) is 69.4. The number of hydrogen-bond donors (Lipinski definition) is 0. The summed E-state index contributed by atoms with van der Waals surface area (Å²) in [6.45, 7) is 0. The average molecular weight is 1790 g/mol. The van der Waals surface area contributed by atoms with Crippen molar-refractivity contribution in [1.82, 2.24) is 77.4 Å². The maximum atomic E-state index is 5.16. The van der Waals surface area contributed by atoms with Gasteiger partial charge in [-0.1, -0.05) is 127 Å². The third-order valence-corrected chi connectivity index (χ3v) is 31.8. The van der Waals surface area contributed by atoms with Crippen LogP contribution in [0.1, 0.15) is 89.0 Å². The first kappa shape index (κ1) is 75.1. The van der Waals surface area contributed by atoms with E-state index in [1.165, 1.54) is 200 Å². The Morgan fingerprint density at radius 3 is 0.871 bits per heavy atom. The number of aromatic nitrogens is 16. The molecule has 12 aromatic carbocycles. The zero-order chi connectivity index (χ0) is 90.7. The predicted octanol–water partition coefficient (Wildman–Crippen LogP) is 26.9. The minimum atomic E-state index is 0.895. The average Bonchev–Trinajstić information content (AvgIpc) is 1.55. The lowest BCUT2D eigenvalue weighted by Gasteiger charge is -2.11. The van der Waals surface area contributed by atoms with Crippen LogP contribution >= 0.6 is 0 Å². The molecule has 16 nitrogen and oxygen atoms in total. The fourth-order valence-electron chi connectivity index (χ4n) is 25.9. The minimum absolute atomic E-state index is 0.895. The van der Waals surface area contributed by atoms with E-state index in [1.807, 2.05) is 98.9 Å². The van der Waals surface area contributed by atoms with Crippen molar-refractivity contribution in [1.29, 1.82) is 0 Å². The lowest BCUT2D eigenvalue weighted by Crippen LogP contribution is -1.95. The first-order valence-electron chi connectivity index (χ1n) is 48.1. The van der Waals surface area contributed by atoms with Crippen LogP contribution in [-0.4, -0.2) is 77.4 Å². The molecule has 0 spiro atoms. The number of rotatable bonds is 0. The molecule has 0 N–H and O–H groups in total. The zero-order valence-electron chi connectivity index (χ0n) is 75.1. The molecule has 36 rings (SSSR count). The summed E-state index contributed by atoms with van der Waals surface area (Å²) in [6, 6.07) is 93.3. The van der Waals surface area contributed by atoms with Crippen LogP contribution in [0.3, 0.4) is 0 Å². The van der Waals surface area contributed by atoms with Crippen LogP contribution in [-0.2, 0) is 51.4 Å². The van der Waals surface area contributed by atoms with Crippen molar-refractivity contribution < 1.29 is 0 Å². The topological polar surface area (TPSA) is 172 Å². The zero-order valence-corrected chi connectivity index (χ0v) is 75.1. The van der Waals surface area contributed by atoms with Gasteiger partial charge in [-0.05, 0) is 340 Å². The number of nitrogens with zero attached hydrogens (tertiary/aromatic N) is 16. The number of imidazole rings is 4. The second kappa shape index (κ2) is 27.7. The van der Waals surface area contributed by atoms with E-state index in [4.69, 9.17) is 29.9 Å². The van der Waals surface area contributed by atoms with Gasteiger partial charge in [-0.15, -0.1) is 0 Å². The Bertz CT molecular complexity index is 9460. The van der Waals surface area contributed by atoms with Crippen molar-refractivity contribution >= 4 is 154 Å². The fraction of sp³-hybridized carbons (Fsp3) is 0.0645. The molecule has 0 atom stereocenters. The summed E-state index contributed by atoms with van der Waals surface area (Å²) >= 11 is 0. The molecule has 648 valence electrons. The normalized spacial score (nSPS) is 13.5. The SMILES string of the molecule is c1ccc2c(c1)Cc1cc3c(cc1-2)Cc1ccc2nc4c5cccnc5c5ccncc5n4c2c1-3.c1ccc2c(c1)Cc1cc3c(cc1-2)Cc1ccc2nc4c5ccncc5c5ccncc5n4c2c1-3.c1ccc2c(c1)Cc1cc3c(cc1-2)Cc1ccc2nc4c5cnccc5c5ccncc5n4c2c1-3.c1ccc2c(c1)Cc1cc3c(cc1-2)Cc1ccc2nc4c5ncccc5c5ccncc5n4c2c1-3. The fourth-order valence-corrected chi connectivity index (χ4v) is 25.9. The van der Waals surface area contributed by atoms with Gasteiger partial charge in [0.2, 0.25) is 0 Å². The van der Waals surface area contributed by atoms with Crippen molar-refractivity contribution in [3.63, 3.8) is 0 Å². The quantitative estimate of drug-likeness (QED) is 0.132. The lowest BCUT2D eigenvalue weighted by molar-refractivity contribution is 1.24. The molecule has 0 radical (unpaired) electrons. The Labute approximate surface area is 796 Å². The highest BCUT2D eigenvalue weighted by Crippen LogP contribution is 2.55. The summed E-state index contributed by atoms with van der Waals surface area (Å²) in [5, 5.41) is 11.2. The van der Waals surface area contributed by atoms with E-state index in [9.17, 15) is 0 Å². The molecule has 28 aromatic rings. The van der Waals surface area contributed by atoms with E-state index < -0.39 is 0 Å². The Hall–Kier alpha value is -18.3. The standard InChI is InChI=1S/4C31H18N4/c1-2-5-21-17(4-1)12-19-15-25-20(14-24(19)21)13-18-7-8-26-30(28(18)25)35-27-16-32-11-9-22(27)29-23(31(35)34-26)6-3-10-33-29;1-2-5-21-17(4-1)12-19-15-25-20(14-24(19)21)13-18-7-8-26-30(28(18)25)35-27-16-32-11-9-22(27)23-6-3-10-33-29(23)31(35)34-26;1-2-4-21-17(3-1)11-19-14-25-20(13-24(19)21)12-18-5-6-27-30(29(18)25)35-28-16-33-9-7-22(28)26-15-32-10-8-23(26)31(35)34-27;1-2-4-21-17(3-1)11-19-14-25-20(13-24(19)21)12-18-5-6-27-30(29(18)25)35-28-16-33-10-8-23(28)22-7-9-32-15-26(22)31(35)34-27/h2*1-11,14-16H,12-13H2;2*1-10,13-16H,11-12H2. The van der Waals surface area contributed by atoms with Crippen LogP contribution in [0.5, 0.6) is 0 Å². The highest BCUT2D eigenvalue weighted by atomic mass is 15.1. The van der Waals surface area contributed by atoms with Gasteiger partial charge in [0.1, 0.15) is 22.5 Å². The maximum absolute atomic E-state index is 5.16. The summed E-state index contributed by atoms with van der Waals surface area (Å²) in [5.41, 5.74) is 63.0. The number of hydrogen-bond acceptors (Lipinski definition) is 12. The van der Waals surface area contributed by atoms with E-state index in [1.54, 1.807) is 0 Å². The van der Waals surface area contributed by atoms with Gasteiger partial charge in [0, 0.05) is 133 Å². The van der Waals surface area contributed by atoms with Gasteiger partial charge in [-0.3, -0.25) is 57.5 Å². The van der Waals surface area contributed by atoms with Gasteiger partial charge in [-0.2, -0.15) is 0 Å². The molecule has 140 heavy (non-hydrogen) atoms. The van der Waals surface area contributed by atoms with Gasteiger partial charge < -0.3 is 0 Å². The van der Waals surface area contributed by atoms with Gasteiger partial charge >= 0.3 is 0 Å². The van der Waals surface area contributed by atoms with Crippen molar-refractivity contribution in [3.05, 3.63) is 431 Å². The molecule has 0 saturated carbocycles. The molecular weight excluding hydrogens is 1710 g/mol. The highest BCUT2D eigenvalue weighted by molar-refractivity contribution is 6.20. The molecule has 0 aliphatic heterocycles. The summed E-state index contributed by atoms with van der Waals surface area (Å²) in [6.07, 6.45) is 34.4. The molecule has 8 aliphatic rings. The van der Waals surface area contributed by atoms with Crippen LogP contribution in [0, 0.1) is 0 Å². The maximum Gasteiger partial charge on any atom is 0.165 e. The van der Waals surface area contributed by atoms with Crippen molar-refractivity contribution in [2.45, 2.75) is 51.4 Å². The molecule has 0 amide bonds. The largest absolute Gasteiger partial charge is 0.289 e. The Kier molecular flexibility index (Phi) is 14.9. The van der Waals surface area contributed by atoms with Crippen molar-refractivity contribution in [3.8, 4) is 89.0 Å². The van der Waals surface area contributed by atoms with Crippen LogP contribution in [0.25, 0.3) is 243 Å². The van der Waals surface area contributed by atoms with Crippen LogP contribution in [0.4, 0.5) is 0 Å². The smallest absolute Gasteiger partial charge is 0.165 e. The molecule has 0 fully saturated rings. The van der Waals surface area contributed by atoms with E-state index in [0.717, 1.165) is 183 Å².